The third-order valence-electron chi connectivity index (χ3n) is 6.12. The SMILES string of the molecule is NC(N)=N/N=C1\C(=O)N(C2CCCCCC2)C(=O)[C@@H]1C(=O)NC1CCCCCC1. The van der Waals surface area contributed by atoms with Gasteiger partial charge in [-0.15, -0.1) is 10.2 Å². The van der Waals surface area contributed by atoms with E-state index in [9.17, 15) is 14.4 Å². The van der Waals surface area contributed by atoms with E-state index in [0.717, 1.165) is 77.0 Å². The van der Waals surface area contributed by atoms with E-state index < -0.39 is 23.6 Å². The van der Waals surface area contributed by atoms with Crippen molar-refractivity contribution >= 4 is 29.4 Å². The quantitative estimate of drug-likeness (QED) is 0.161. The minimum atomic E-state index is -1.28. The van der Waals surface area contributed by atoms with E-state index in [1.54, 1.807) is 0 Å². The zero-order valence-electron chi connectivity index (χ0n) is 16.9. The number of hydrogen-bond acceptors (Lipinski definition) is 5. The number of rotatable bonds is 4. The van der Waals surface area contributed by atoms with Gasteiger partial charge < -0.3 is 16.8 Å². The van der Waals surface area contributed by atoms with Crippen LogP contribution in [0.3, 0.4) is 0 Å². The molecule has 3 aliphatic rings. The molecule has 3 amide bonds. The van der Waals surface area contributed by atoms with Gasteiger partial charge in [0.2, 0.25) is 17.8 Å². The summed E-state index contributed by atoms with van der Waals surface area (Å²) in [4.78, 5) is 40.5. The van der Waals surface area contributed by atoms with Crippen LogP contribution < -0.4 is 16.8 Å². The fourth-order valence-corrected chi connectivity index (χ4v) is 4.62. The van der Waals surface area contributed by atoms with Crippen molar-refractivity contribution in [3.8, 4) is 0 Å². The predicted octanol–water partition coefficient (Wildman–Crippen LogP) is 1.16. The number of carbonyl (C=O) groups excluding carboxylic acids is 3. The van der Waals surface area contributed by atoms with Crippen molar-refractivity contribution in [3.63, 3.8) is 0 Å². The fraction of sp³-hybridized carbons (Fsp3) is 0.750. The fourth-order valence-electron chi connectivity index (χ4n) is 4.62. The first-order chi connectivity index (χ1) is 14.0. The molecule has 0 radical (unpaired) electrons. The highest BCUT2D eigenvalue weighted by Crippen LogP contribution is 2.29. The number of carbonyl (C=O) groups is 3. The Kier molecular flexibility index (Phi) is 7.22. The van der Waals surface area contributed by atoms with Crippen LogP contribution in [0.5, 0.6) is 0 Å². The molecule has 0 aromatic heterocycles. The molecule has 1 aliphatic heterocycles. The van der Waals surface area contributed by atoms with E-state index in [4.69, 9.17) is 11.5 Å². The highest BCUT2D eigenvalue weighted by molar-refractivity contribution is 6.54. The van der Waals surface area contributed by atoms with Crippen LogP contribution in [0.2, 0.25) is 0 Å². The summed E-state index contributed by atoms with van der Waals surface area (Å²) in [6, 6.07) is -0.179. The molecule has 5 N–H and O–H groups in total. The lowest BCUT2D eigenvalue weighted by Crippen LogP contribution is -2.44. The monoisotopic (exact) mass is 404 g/mol. The summed E-state index contributed by atoms with van der Waals surface area (Å²) in [5, 5.41) is 10.4. The predicted molar refractivity (Wildman–Crippen MR) is 110 cm³/mol. The number of imide groups is 1. The van der Waals surface area contributed by atoms with Gasteiger partial charge in [0.05, 0.1) is 0 Å². The van der Waals surface area contributed by atoms with E-state index >= 15 is 0 Å². The standard InChI is InChI=1S/C20H32N6O3/c21-20(22)25-24-16-15(17(27)23-13-9-5-1-2-6-10-13)18(28)26(19(16)29)14-11-7-3-4-8-12-14/h13-15H,1-12H2,(H,23,27)(H4,21,22,25)/b24-16-/t15-/m0/s1. The van der Waals surface area contributed by atoms with Crippen LogP contribution in [-0.2, 0) is 14.4 Å². The largest absolute Gasteiger partial charge is 0.369 e. The summed E-state index contributed by atoms with van der Waals surface area (Å²) in [5.74, 6) is -3.13. The molecule has 160 valence electrons. The molecule has 3 fully saturated rings. The van der Waals surface area contributed by atoms with Gasteiger partial charge in [0, 0.05) is 12.1 Å². The van der Waals surface area contributed by atoms with Crippen LogP contribution in [0.1, 0.15) is 77.0 Å². The van der Waals surface area contributed by atoms with Crippen LogP contribution >= 0.6 is 0 Å². The minimum Gasteiger partial charge on any atom is -0.369 e. The van der Waals surface area contributed by atoms with Crippen molar-refractivity contribution in [1.29, 1.82) is 0 Å². The lowest BCUT2D eigenvalue weighted by molar-refractivity contribution is -0.143. The minimum absolute atomic E-state index is 0.0177. The van der Waals surface area contributed by atoms with E-state index in [1.165, 1.54) is 4.90 Å². The van der Waals surface area contributed by atoms with Crippen LogP contribution in [0.25, 0.3) is 0 Å². The van der Waals surface area contributed by atoms with Crippen LogP contribution in [-0.4, -0.2) is 46.4 Å². The normalized spacial score (nSPS) is 26.3. The summed E-state index contributed by atoms with van der Waals surface area (Å²) in [6.45, 7) is 0. The molecule has 0 aromatic rings. The molecule has 0 unspecified atom stereocenters. The average molecular weight is 405 g/mol. The van der Waals surface area contributed by atoms with E-state index in [0.29, 0.717) is 0 Å². The lowest BCUT2D eigenvalue weighted by atomic mass is 10.0. The van der Waals surface area contributed by atoms with Gasteiger partial charge in [-0.05, 0) is 25.7 Å². The maximum atomic E-state index is 13.2. The topological polar surface area (TPSA) is 143 Å². The Bertz CT molecular complexity index is 684. The molecule has 0 bridgehead atoms. The highest BCUT2D eigenvalue weighted by Gasteiger charge is 2.51. The Morgan fingerprint density at radius 1 is 0.897 bits per heavy atom. The van der Waals surface area contributed by atoms with Gasteiger partial charge in [0.1, 0.15) is 0 Å². The molecule has 9 heteroatoms. The van der Waals surface area contributed by atoms with Crippen LogP contribution in [0.15, 0.2) is 10.2 Å². The molecule has 3 rings (SSSR count). The number of guanidine groups is 1. The van der Waals surface area contributed by atoms with Gasteiger partial charge in [0.15, 0.2) is 11.6 Å². The number of likely N-dealkylation sites (tertiary alicyclic amines) is 1. The van der Waals surface area contributed by atoms with E-state index in [-0.39, 0.29) is 23.8 Å². The van der Waals surface area contributed by atoms with Gasteiger partial charge in [0.25, 0.3) is 5.91 Å². The van der Waals surface area contributed by atoms with Crippen molar-refractivity contribution in [2.75, 3.05) is 0 Å². The summed E-state index contributed by atoms with van der Waals surface area (Å²) >= 11 is 0. The molecular formula is C20H32N6O3. The number of nitrogens with zero attached hydrogens (tertiary/aromatic N) is 3. The molecule has 2 aliphatic carbocycles. The molecule has 9 nitrogen and oxygen atoms in total. The van der Waals surface area contributed by atoms with Crippen molar-refractivity contribution < 1.29 is 14.4 Å². The van der Waals surface area contributed by atoms with Crippen molar-refractivity contribution in [2.24, 2.45) is 27.6 Å². The third kappa shape index (κ3) is 5.13. The van der Waals surface area contributed by atoms with Gasteiger partial charge >= 0.3 is 0 Å². The molecule has 29 heavy (non-hydrogen) atoms. The average Bonchev–Trinajstić information content (AvgIpc) is 2.98. The maximum absolute atomic E-state index is 13.2. The molecule has 0 spiro atoms. The summed E-state index contributed by atoms with van der Waals surface area (Å²) in [7, 11) is 0. The van der Waals surface area contributed by atoms with E-state index in [1.807, 2.05) is 0 Å². The van der Waals surface area contributed by atoms with Gasteiger partial charge in [-0.2, -0.15) is 0 Å². The first-order valence-electron chi connectivity index (χ1n) is 10.8. The number of nitrogens with two attached hydrogens (primary N) is 2. The first-order valence-corrected chi connectivity index (χ1v) is 10.8. The Balaban J connectivity index is 1.83. The Morgan fingerprint density at radius 3 is 2.00 bits per heavy atom. The van der Waals surface area contributed by atoms with Crippen molar-refractivity contribution in [1.82, 2.24) is 10.2 Å². The zero-order chi connectivity index (χ0) is 20.8. The Hall–Kier alpha value is -2.45. The second-order valence-corrected chi connectivity index (χ2v) is 8.30. The molecule has 2 saturated carbocycles. The third-order valence-corrected chi connectivity index (χ3v) is 6.12. The summed E-state index contributed by atoms with van der Waals surface area (Å²) in [6.07, 6.45) is 11.8. The summed E-state index contributed by atoms with van der Waals surface area (Å²) < 4.78 is 0. The summed E-state index contributed by atoms with van der Waals surface area (Å²) in [5.41, 5.74) is 10.5. The van der Waals surface area contributed by atoms with Gasteiger partial charge in [-0.1, -0.05) is 51.4 Å². The van der Waals surface area contributed by atoms with Gasteiger partial charge in [-0.25, -0.2) is 0 Å². The number of amides is 3. The van der Waals surface area contributed by atoms with Crippen molar-refractivity contribution in [2.45, 2.75) is 89.1 Å². The second kappa shape index (κ2) is 9.84. The smallest absolute Gasteiger partial charge is 0.278 e. The van der Waals surface area contributed by atoms with Crippen LogP contribution in [0, 0.1) is 5.92 Å². The molecule has 1 saturated heterocycles. The van der Waals surface area contributed by atoms with E-state index in [2.05, 4.69) is 15.5 Å². The molecule has 1 heterocycles. The Labute approximate surface area is 171 Å². The molecule has 1 atom stereocenters. The second-order valence-electron chi connectivity index (χ2n) is 8.30. The first kappa shape index (κ1) is 21.3. The molecule has 0 aromatic carbocycles. The zero-order valence-corrected chi connectivity index (χ0v) is 16.9. The highest BCUT2D eigenvalue weighted by atomic mass is 16.2. The van der Waals surface area contributed by atoms with Crippen molar-refractivity contribution in [3.05, 3.63) is 0 Å². The van der Waals surface area contributed by atoms with Gasteiger partial charge in [-0.3, -0.25) is 19.3 Å². The molecular weight excluding hydrogens is 372 g/mol. The van der Waals surface area contributed by atoms with Crippen LogP contribution in [0.4, 0.5) is 0 Å². The maximum Gasteiger partial charge on any atom is 0.278 e. The Morgan fingerprint density at radius 2 is 1.45 bits per heavy atom. The number of nitrogens with one attached hydrogen (secondary N) is 1. The number of hydrogen-bond donors (Lipinski definition) is 3. The lowest BCUT2D eigenvalue weighted by Gasteiger charge is -2.25.